The molecule has 0 unspecified atom stereocenters. The second kappa shape index (κ2) is 8.01. The van der Waals surface area contributed by atoms with Gasteiger partial charge >= 0.3 is 28.7 Å². The predicted molar refractivity (Wildman–Crippen MR) is 121 cm³/mol. The maximum Gasteiger partial charge on any atom is 0.360 e. The van der Waals surface area contributed by atoms with Gasteiger partial charge in [-0.3, -0.25) is 50.6 Å². The fourth-order valence-corrected chi connectivity index (χ4v) is 4.62. The Hall–Kier alpha value is -6.47. The van der Waals surface area contributed by atoms with Crippen LogP contribution in [0.4, 0.5) is 28.4 Å². The third kappa shape index (κ3) is 3.09. The summed E-state index contributed by atoms with van der Waals surface area (Å²) in [6.07, 6.45) is 0. The van der Waals surface area contributed by atoms with E-state index in [1.807, 2.05) is 0 Å². The number of benzene rings is 3. The van der Waals surface area contributed by atoms with Gasteiger partial charge in [0.1, 0.15) is 0 Å². The molecule has 1 spiro atoms. The molecule has 2 aliphatic heterocycles. The number of nitro groups is 5. The monoisotopic (exact) mass is 557 g/mol. The first-order chi connectivity index (χ1) is 18.7. The molecule has 0 amide bonds. The van der Waals surface area contributed by atoms with Gasteiger partial charge in [-0.05, 0) is 6.07 Å². The van der Waals surface area contributed by atoms with Crippen molar-refractivity contribution in [3.05, 3.63) is 103 Å². The van der Waals surface area contributed by atoms with E-state index in [1.165, 1.54) is 0 Å². The van der Waals surface area contributed by atoms with E-state index in [9.17, 15) is 65.6 Å². The summed E-state index contributed by atoms with van der Waals surface area (Å²) in [7, 11) is 0. The van der Waals surface area contributed by atoms with Crippen molar-refractivity contribution in [2.75, 3.05) is 0 Å². The van der Waals surface area contributed by atoms with Crippen molar-refractivity contribution in [2.24, 2.45) is 0 Å². The van der Waals surface area contributed by atoms with E-state index >= 15 is 0 Å². The average molecular weight is 557 g/mol. The van der Waals surface area contributed by atoms with Crippen molar-refractivity contribution in [3.63, 3.8) is 0 Å². The number of non-ortho nitro benzene ring substituents is 1. The second-order valence-corrected chi connectivity index (χ2v) is 8.13. The lowest BCUT2D eigenvalue weighted by Crippen LogP contribution is -2.34. The van der Waals surface area contributed by atoms with Crippen molar-refractivity contribution < 1.29 is 49.1 Å². The van der Waals surface area contributed by atoms with Gasteiger partial charge in [-0.1, -0.05) is 0 Å². The molecule has 0 saturated heterocycles. The van der Waals surface area contributed by atoms with Gasteiger partial charge in [-0.15, -0.1) is 0 Å². The number of rotatable bonds is 5. The summed E-state index contributed by atoms with van der Waals surface area (Å²) in [5, 5.41) is 79.2. The topological polar surface area (TPSA) is 292 Å². The molecule has 202 valence electrons. The van der Waals surface area contributed by atoms with Crippen molar-refractivity contribution in [3.8, 4) is 23.0 Å². The van der Waals surface area contributed by atoms with E-state index in [2.05, 4.69) is 0 Å². The van der Waals surface area contributed by atoms with Crippen molar-refractivity contribution in [1.29, 1.82) is 0 Å². The first-order valence-corrected chi connectivity index (χ1v) is 10.3. The molecular formula is C20H7N5O15. The molecule has 20 nitrogen and oxygen atoms in total. The third-order valence-electron chi connectivity index (χ3n) is 6.20. The standard InChI is InChI=1S/C20H7N5O15/c26-15-11(22(31)32)4-9-17(13(15)24(35)36)39-18-10(5-12(23(33)34)16(27)14(18)25(37)38)20(9)8-2-1-6(21(29)30)3-7(8)19(28)40-20/h1-5,26-27H. The van der Waals surface area contributed by atoms with Crippen LogP contribution >= 0.6 is 0 Å². The summed E-state index contributed by atoms with van der Waals surface area (Å²) < 4.78 is 10.8. The minimum Gasteiger partial charge on any atom is -0.497 e. The normalized spacial score (nSPS) is 13.8. The smallest absolute Gasteiger partial charge is 0.360 e. The highest BCUT2D eigenvalue weighted by Gasteiger charge is 2.59. The lowest BCUT2D eigenvalue weighted by Gasteiger charge is -2.35. The number of esters is 1. The van der Waals surface area contributed by atoms with E-state index < -0.39 is 110 Å². The van der Waals surface area contributed by atoms with Crippen LogP contribution in [0.3, 0.4) is 0 Å². The van der Waals surface area contributed by atoms with Crippen LogP contribution in [0, 0.1) is 50.6 Å². The van der Waals surface area contributed by atoms with Crippen LogP contribution in [0.2, 0.25) is 0 Å². The number of hydrogen-bond acceptors (Lipinski definition) is 15. The summed E-state index contributed by atoms with van der Waals surface area (Å²) in [6.45, 7) is 0. The highest BCUT2D eigenvalue weighted by molar-refractivity contribution is 5.98. The zero-order valence-corrected chi connectivity index (χ0v) is 18.8. The highest BCUT2D eigenvalue weighted by atomic mass is 16.7. The summed E-state index contributed by atoms with van der Waals surface area (Å²) in [6, 6.07) is 3.41. The number of phenolic OH excluding ortho intramolecular Hbond substituents is 2. The van der Waals surface area contributed by atoms with E-state index in [0.29, 0.717) is 18.2 Å². The molecule has 0 aromatic heterocycles. The molecule has 0 fully saturated rings. The molecule has 40 heavy (non-hydrogen) atoms. The summed E-state index contributed by atoms with van der Waals surface area (Å²) in [5.74, 6) is -6.72. The number of ether oxygens (including phenoxy) is 2. The van der Waals surface area contributed by atoms with Crippen molar-refractivity contribution >= 4 is 34.4 Å². The molecule has 2 aliphatic rings. The van der Waals surface area contributed by atoms with Crippen LogP contribution in [0.5, 0.6) is 23.0 Å². The van der Waals surface area contributed by atoms with Crippen LogP contribution < -0.4 is 4.74 Å². The molecule has 0 bridgehead atoms. The Morgan fingerprint density at radius 2 is 1.12 bits per heavy atom. The maximum absolute atomic E-state index is 13.0. The number of phenols is 2. The largest absolute Gasteiger partial charge is 0.497 e. The number of carbonyl (C=O) groups excluding carboxylic acids is 1. The predicted octanol–water partition coefficient (Wildman–Crippen LogP) is 3.21. The fraction of sp³-hybridized carbons (Fsp3) is 0.0500. The third-order valence-corrected chi connectivity index (χ3v) is 6.20. The van der Waals surface area contributed by atoms with Gasteiger partial charge in [0.05, 0.1) is 41.3 Å². The number of carbonyl (C=O) groups is 1. The Labute approximate surface area is 216 Å². The lowest BCUT2D eigenvalue weighted by atomic mass is 9.76. The summed E-state index contributed by atoms with van der Waals surface area (Å²) >= 11 is 0. The first kappa shape index (κ1) is 25.2. The van der Waals surface area contributed by atoms with Crippen LogP contribution in [-0.2, 0) is 10.3 Å². The van der Waals surface area contributed by atoms with Crippen molar-refractivity contribution in [2.45, 2.75) is 5.60 Å². The molecule has 3 aromatic carbocycles. The van der Waals surface area contributed by atoms with Crippen LogP contribution in [0.15, 0.2) is 30.3 Å². The number of fused-ring (bicyclic) bond motifs is 6. The van der Waals surface area contributed by atoms with Crippen LogP contribution in [0.1, 0.15) is 27.0 Å². The zero-order valence-electron chi connectivity index (χ0n) is 18.8. The zero-order chi connectivity index (χ0) is 29.4. The Kier molecular flexibility index (Phi) is 5.05. The van der Waals surface area contributed by atoms with Gasteiger partial charge in [0.2, 0.25) is 11.5 Å². The maximum atomic E-state index is 13.0. The van der Waals surface area contributed by atoms with Gasteiger partial charge in [0, 0.05) is 29.8 Å². The van der Waals surface area contributed by atoms with Crippen LogP contribution in [0.25, 0.3) is 0 Å². The van der Waals surface area contributed by atoms with Crippen molar-refractivity contribution in [1.82, 2.24) is 0 Å². The number of nitrogens with zero attached hydrogens (tertiary/aromatic N) is 5. The Balaban J connectivity index is 2.05. The molecule has 2 N–H and O–H groups in total. The Bertz CT molecular complexity index is 1710. The average Bonchev–Trinajstić information content (AvgIpc) is 3.14. The molecule has 5 rings (SSSR count). The Morgan fingerprint density at radius 1 is 0.650 bits per heavy atom. The lowest BCUT2D eigenvalue weighted by molar-refractivity contribution is -0.398. The summed E-state index contributed by atoms with van der Waals surface area (Å²) in [4.78, 5) is 65.5. The summed E-state index contributed by atoms with van der Waals surface area (Å²) in [5.41, 5.74) is -11.6. The van der Waals surface area contributed by atoms with E-state index in [-0.39, 0.29) is 0 Å². The Morgan fingerprint density at radius 3 is 1.52 bits per heavy atom. The van der Waals surface area contributed by atoms with E-state index in [4.69, 9.17) is 9.47 Å². The molecule has 3 aromatic rings. The van der Waals surface area contributed by atoms with Gasteiger partial charge < -0.3 is 19.7 Å². The number of hydrogen-bond donors (Lipinski definition) is 2. The molecule has 2 heterocycles. The molecule has 0 saturated carbocycles. The molecule has 0 aliphatic carbocycles. The van der Waals surface area contributed by atoms with Crippen LogP contribution in [-0.4, -0.2) is 40.8 Å². The molecule has 0 radical (unpaired) electrons. The molecular weight excluding hydrogens is 550 g/mol. The van der Waals surface area contributed by atoms with Gasteiger partial charge in [-0.2, -0.15) is 0 Å². The minimum absolute atomic E-state index is 0.433. The quantitative estimate of drug-likeness (QED) is 0.258. The van der Waals surface area contributed by atoms with E-state index in [0.717, 1.165) is 12.1 Å². The first-order valence-electron chi connectivity index (χ1n) is 10.3. The SMILES string of the molecule is O=C1OC2(c3ccc([N+](=O)[O-])cc31)c1cc([N+](=O)[O-])c(O)c([N+](=O)[O-])c1Oc1c2cc([N+](=O)[O-])c(O)c1[N+](=O)[O-]. The van der Waals surface area contributed by atoms with E-state index in [1.54, 1.807) is 0 Å². The molecule has 0 atom stereocenters. The fourth-order valence-electron chi connectivity index (χ4n) is 4.62. The van der Waals surface area contributed by atoms with Gasteiger partial charge in [0.15, 0.2) is 5.60 Å². The van der Waals surface area contributed by atoms with Gasteiger partial charge in [0.25, 0.3) is 17.2 Å². The minimum atomic E-state index is -2.73. The van der Waals surface area contributed by atoms with Gasteiger partial charge in [-0.25, -0.2) is 4.79 Å². The highest BCUT2D eigenvalue weighted by Crippen LogP contribution is 2.64. The number of nitro benzene ring substituents is 5. The number of aromatic hydroxyl groups is 2. The molecule has 20 heteroatoms. The second-order valence-electron chi connectivity index (χ2n) is 8.13.